The van der Waals surface area contributed by atoms with Crippen molar-refractivity contribution in [3.63, 3.8) is 0 Å². The Morgan fingerprint density at radius 3 is 2.90 bits per heavy atom. The molecule has 0 aromatic heterocycles. The van der Waals surface area contributed by atoms with Crippen LogP contribution in [0, 0.1) is 5.92 Å². The van der Waals surface area contributed by atoms with Crippen molar-refractivity contribution >= 4 is 11.6 Å². The first-order valence-electron chi connectivity index (χ1n) is 7.66. The monoisotopic (exact) mass is 290 g/mol. The number of anilines is 1. The van der Waals surface area contributed by atoms with Gasteiger partial charge in [-0.1, -0.05) is 25.0 Å². The van der Waals surface area contributed by atoms with Gasteiger partial charge in [-0.3, -0.25) is 4.79 Å². The quantitative estimate of drug-likeness (QED) is 0.894. The van der Waals surface area contributed by atoms with Gasteiger partial charge >= 0.3 is 0 Å². The van der Waals surface area contributed by atoms with E-state index in [-0.39, 0.29) is 17.9 Å². The van der Waals surface area contributed by atoms with E-state index in [0.29, 0.717) is 0 Å². The molecule has 1 saturated carbocycles. The summed E-state index contributed by atoms with van der Waals surface area (Å²) >= 11 is 0. The van der Waals surface area contributed by atoms with Crippen LogP contribution in [0.2, 0.25) is 0 Å². The lowest BCUT2D eigenvalue weighted by molar-refractivity contribution is -0.122. The third kappa shape index (κ3) is 3.83. The smallest absolute Gasteiger partial charge is 0.229 e. The van der Waals surface area contributed by atoms with Gasteiger partial charge in [-0.2, -0.15) is 0 Å². The van der Waals surface area contributed by atoms with E-state index in [9.17, 15) is 4.79 Å². The molecule has 0 spiro atoms. The summed E-state index contributed by atoms with van der Waals surface area (Å²) in [5, 5.41) is 3.01. The number of hydrogen-bond donors (Lipinski definition) is 2. The summed E-state index contributed by atoms with van der Waals surface area (Å²) < 4.78 is 5.31. The first kappa shape index (κ1) is 16.0. The molecule has 1 aliphatic rings. The van der Waals surface area contributed by atoms with E-state index in [1.807, 2.05) is 38.1 Å². The lowest BCUT2D eigenvalue weighted by Crippen LogP contribution is -2.51. The summed E-state index contributed by atoms with van der Waals surface area (Å²) in [6.07, 6.45) is 3.97. The molecule has 3 N–H and O–H groups in total. The highest BCUT2D eigenvalue weighted by Crippen LogP contribution is 2.32. The molecule has 0 aliphatic heterocycles. The van der Waals surface area contributed by atoms with Crippen molar-refractivity contribution in [3.05, 3.63) is 29.8 Å². The Morgan fingerprint density at radius 2 is 2.24 bits per heavy atom. The molecule has 4 nitrogen and oxygen atoms in total. The first-order chi connectivity index (χ1) is 9.94. The van der Waals surface area contributed by atoms with Gasteiger partial charge in [-0.05, 0) is 44.4 Å². The summed E-state index contributed by atoms with van der Waals surface area (Å²) in [5.41, 5.74) is 7.75. The molecule has 1 aliphatic carbocycles. The number of hydrogen-bond acceptors (Lipinski definition) is 3. The number of nitrogens with two attached hydrogens (primary N) is 1. The maximum atomic E-state index is 12.5. The van der Waals surface area contributed by atoms with Crippen LogP contribution in [-0.2, 0) is 9.53 Å². The molecule has 3 atom stereocenters. The Kier molecular flexibility index (Phi) is 5.01. The van der Waals surface area contributed by atoms with Gasteiger partial charge in [-0.25, -0.2) is 0 Å². The molecule has 0 heterocycles. The Labute approximate surface area is 127 Å². The lowest BCUT2D eigenvalue weighted by Gasteiger charge is -2.37. The third-order valence-electron chi connectivity index (χ3n) is 4.55. The van der Waals surface area contributed by atoms with Gasteiger partial charge in [0.15, 0.2) is 0 Å². The summed E-state index contributed by atoms with van der Waals surface area (Å²) in [6, 6.07) is 7.80. The van der Waals surface area contributed by atoms with Crippen molar-refractivity contribution in [2.24, 2.45) is 11.7 Å². The number of ether oxygens (including phenoxy) is 1. The van der Waals surface area contributed by atoms with Crippen LogP contribution >= 0.6 is 0 Å². The van der Waals surface area contributed by atoms with Crippen molar-refractivity contribution in [2.75, 3.05) is 12.4 Å². The Hall–Kier alpha value is -1.39. The topological polar surface area (TPSA) is 64.3 Å². The summed E-state index contributed by atoms with van der Waals surface area (Å²) in [7, 11) is 1.68. The standard InChI is InChI=1S/C17H26N2O2/c1-12(21-3)13-7-6-8-14(11-13)19-16(20)15-9-4-5-10-17(15,2)18/h6-8,11-12,15H,4-5,9-10,18H2,1-3H3,(H,19,20). The SMILES string of the molecule is COC(C)c1cccc(NC(=O)C2CCCCC2(C)N)c1. The van der Waals surface area contributed by atoms with Gasteiger partial charge in [0.25, 0.3) is 0 Å². The summed E-state index contributed by atoms with van der Waals surface area (Å²) in [4.78, 5) is 12.5. The van der Waals surface area contributed by atoms with Crippen LogP contribution in [0.15, 0.2) is 24.3 Å². The number of carbonyl (C=O) groups is 1. The molecule has 0 saturated heterocycles. The van der Waals surface area contributed by atoms with E-state index in [0.717, 1.165) is 36.9 Å². The molecule has 2 rings (SSSR count). The normalized spacial score (nSPS) is 27.1. The number of nitrogens with one attached hydrogen (secondary N) is 1. The highest BCUT2D eigenvalue weighted by molar-refractivity contribution is 5.93. The molecule has 1 amide bonds. The van der Waals surface area contributed by atoms with Crippen molar-refractivity contribution in [2.45, 2.75) is 51.2 Å². The van der Waals surface area contributed by atoms with Gasteiger partial charge in [0.05, 0.1) is 12.0 Å². The van der Waals surface area contributed by atoms with Crippen LogP contribution in [0.5, 0.6) is 0 Å². The van der Waals surface area contributed by atoms with E-state index in [4.69, 9.17) is 10.5 Å². The highest BCUT2D eigenvalue weighted by Gasteiger charge is 2.37. The van der Waals surface area contributed by atoms with Crippen molar-refractivity contribution in [1.29, 1.82) is 0 Å². The van der Waals surface area contributed by atoms with Gasteiger partial charge in [0.2, 0.25) is 5.91 Å². The summed E-state index contributed by atoms with van der Waals surface area (Å²) in [6.45, 7) is 3.97. The zero-order valence-corrected chi connectivity index (χ0v) is 13.2. The number of carbonyl (C=O) groups excluding carboxylic acids is 1. The number of methoxy groups -OCH3 is 1. The fourth-order valence-electron chi connectivity index (χ4n) is 3.02. The van der Waals surface area contributed by atoms with Crippen LogP contribution in [0.3, 0.4) is 0 Å². The number of amides is 1. The maximum Gasteiger partial charge on any atom is 0.229 e. The molecule has 4 heteroatoms. The molecular formula is C17H26N2O2. The molecule has 1 fully saturated rings. The van der Waals surface area contributed by atoms with Crippen LogP contribution in [-0.4, -0.2) is 18.6 Å². The fourth-order valence-corrected chi connectivity index (χ4v) is 3.02. The minimum atomic E-state index is -0.403. The largest absolute Gasteiger partial charge is 0.377 e. The molecular weight excluding hydrogens is 264 g/mol. The van der Waals surface area contributed by atoms with Gasteiger partial charge in [0.1, 0.15) is 0 Å². The average molecular weight is 290 g/mol. The van der Waals surface area contributed by atoms with E-state index in [2.05, 4.69) is 5.32 Å². The second-order valence-corrected chi connectivity index (χ2v) is 6.30. The molecule has 116 valence electrons. The van der Waals surface area contributed by atoms with Crippen molar-refractivity contribution in [1.82, 2.24) is 0 Å². The molecule has 0 bridgehead atoms. The van der Waals surface area contributed by atoms with E-state index >= 15 is 0 Å². The van der Waals surface area contributed by atoms with Crippen LogP contribution in [0.4, 0.5) is 5.69 Å². The second-order valence-electron chi connectivity index (χ2n) is 6.30. The fraction of sp³-hybridized carbons (Fsp3) is 0.588. The molecule has 21 heavy (non-hydrogen) atoms. The van der Waals surface area contributed by atoms with Crippen molar-refractivity contribution < 1.29 is 9.53 Å². The first-order valence-corrected chi connectivity index (χ1v) is 7.66. The zero-order valence-electron chi connectivity index (χ0n) is 13.2. The maximum absolute atomic E-state index is 12.5. The van der Waals surface area contributed by atoms with Crippen molar-refractivity contribution in [3.8, 4) is 0 Å². The lowest BCUT2D eigenvalue weighted by atomic mass is 9.74. The predicted molar refractivity (Wildman–Crippen MR) is 85.0 cm³/mol. The molecule has 1 aromatic rings. The predicted octanol–water partition coefficient (Wildman–Crippen LogP) is 3.24. The van der Waals surface area contributed by atoms with Gasteiger partial charge in [-0.15, -0.1) is 0 Å². The molecule has 0 radical (unpaired) electrons. The summed E-state index contributed by atoms with van der Waals surface area (Å²) in [5.74, 6) is -0.0864. The third-order valence-corrected chi connectivity index (χ3v) is 4.55. The van der Waals surface area contributed by atoms with Gasteiger partial charge < -0.3 is 15.8 Å². The van der Waals surface area contributed by atoms with Crippen LogP contribution in [0.25, 0.3) is 0 Å². The van der Waals surface area contributed by atoms with Gasteiger partial charge in [0, 0.05) is 18.3 Å². The molecule has 3 unspecified atom stereocenters. The minimum absolute atomic E-state index is 0.0105. The number of rotatable bonds is 4. The minimum Gasteiger partial charge on any atom is -0.377 e. The second kappa shape index (κ2) is 6.58. The highest BCUT2D eigenvalue weighted by atomic mass is 16.5. The van der Waals surface area contributed by atoms with Crippen LogP contribution in [0.1, 0.15) is 51.2 Å². The zero-order chi connectivity index (χ0) is 15.5. The van der Waals surface area contributed by atoms with Crippen LogP contribution < -0.4 is 11.1 Å². The van der Waals surface area contributed by atoms with E-state index < -0.39 is 5.54 Å². The Balaban J connectivity index is 2.09. The van der Waals surface area contributed by atoms with E-state index in [1.54, 1.807) is 7.11 Å². The average Bonchev–Trinajstić information content (AvgIpc) is 2.46. The Bertz CT molecular complexity index is 499. The molecule has 1 aromatic carbocycles. The number of benzene rings is 1. The van der Waals surface area contributed by atoms with E-state index in [1.165, 1.54) is 0 Å². The Morgan fingerprint density at radius 1 is 1.48 bits per heavy atom.